The number of nitrogens with one attached hydrogen (secondary N) is 1. The number of carboxylic acid groups (broad SMARTS) is 1. The normalized spacial score (nSPS) is 14.4. The second-order valence-electron chi connectivity index (χ2n) is 6.91. The van der Waals surface area contributed by atoms with Crippen molar-refractivity contribution in [2.75, 3.05) is 11.0 Å². The summed E-state index contributed by atoms with van der Waals surface area (Å²) in [6.45, 7) is 0. The highest BCUT2D eigenvalue weighted by molar-refractivity contribution is 8.00. The number of hydrogen-bond donors (Lipinski definition) is 2. The molecule has 1 aliphatic rings. The van der Waals surface area contributed by atoms with Gasteiger partial charge in [0.25, 0.3) is 0 Å². The number of aromatic nitrogens is 1. The smallest absolute Gasteiger partial charge is 0.335 e. The molecule has 1 heterocycles. The fourth-order valence-electron chi connectivity index (χ4n) is 3.13. The number of benzene rings is 2. The summed E-state index contributed by atoms with van der Waals surface area (Å²) in [7, 11) is 0. The van der Waals surface area contributed by atoms with E-state index < -0.39 is 17.1 Å². The highest BCUT2D eigenvalue weighted by atomic mass is 32.2. The molecule has 0 radical (unpaired) electrons. The van der Waals surface area contributed by atoms with Gasteiger partial charge in [-0.1, -0.05) is 12.1 Å². The third-order valence-electron chi connectivity index (χ3n) is 4.81. The van der Waals surface area contributed by atoms with Gasteiger partial charge in [-0.3, -0.25) is 4.98 Å². The van der Waals surface area contributed by atoms with E-state index in [9.17, 15) is 14.5 Å². The lowest BCUT2D eigenvalue weighted by molar-refractivity contribution is 0.0696. The molecule has 1 aliphatic carbocycles. The molecule has 29 heavy (non-hydrogen) atoms. The number of anilines is 1. The van der Waals surface area contributed by atoms with Crippen molar-refractivity contribution >= 4 is 34.8 Å². The van der Waals surface area contributed by atoms with Crippen LogP contribution in [0.25, 0.3) is 11.3 Å². The Balaban J connectivity index is 1.68. The van der Waals surface area contributed by atoms with Crippen LogP contribution in [0, 0.1) is 0 Å². The summed E-state index contributed by atoms with van der Waals surface area (Å²) in [5.74, 6) is -0.446. The molecule has 4 rings (SSSR count). The van der Waals surface area contributed by atoms with Crippen LogP contribution >= 0.6 is 11.9 Å². The molecule has 0 amide bonds. The summed E-state index contributed by atoms with van der Waals surface area (Å²) >= 11 is 0.278. The molecule has 2 N–H and O–H groups in total. The van der Waals surface area contributed by atoms with Gasteiger partial charge in [-0.25, -0.2) is 4.79 Å². The van der Waals surface area contributed by atoms with Crippen LogP contribution in [-0.2, 0) is 11.2 Å². The zero-order valence-electron chi connectivity index (χ0n) is 15.8. The van der Waals surface area contributed by atoms with E-state index in [1.807, 2.05) is 42.5 Å². The van der Waals surface area contributed by atoms with Crippen LogP contribution in [0.1, 0.15) is 34.7 Å². The number of nitrogens with zero attached hydrogens (tertiary/aromatic N) is 1. The van der Waals surface area contributed by atoms with E-state index in [2.05, 4.69) is 9.71 Å². The predicted octanol–water partition coefficient (Wildman–Crippen LogP) is 5.18. The van der Waals surface area contributed by atoms with Gasteiger partial charge in [-0.05, 0) is 83.8 Å². The largest absolute Gasteiger partial charge is 0.612 e. The van der Waals surface area contributed by atoms with E-state index in [0.29, 0.717) is 5.92 Å². The molecule has 1 atom stereocenters. The maximum absolute atomic E-state index is 12.0. The quantitative estimate of drug-likeness (QED) is 0.401. The minimum absolute atomic E-state index is 0.270. The Bertz CT molecular complexity index is 1040. The van der Waals surface area contributed by atoms with Crippen molar-refractivity contribution in [3.8, 4) is 11.3 Å². The lowest BCUT2D eigenvalue weighted by atomic mass is 10.1. The van der Waals surface area contributed by atoms with Crippen molar-refractivity contribution in [3.63, 3.8) is 0 Å². The first-order chi connectivity index (χ1) is 14.0. The molecule has 7 heteroatoms. The molecular weight excluding hydrogens is 404 g/mol. The number of hydrogen-bond acceptors (Lipinski definition) is 5. The molecular formula is C22H20N2O3S2. The minimum Gasteiger partial charge on any atom is -0.612 e. The van der Waals surface area contributed by atoms with Gasteiger partial charge >= 0.3 is 5.97 Å². The Morgan fingerprint density at radius 3 is 2.69 bits per heavy atom. The standard InChI is InChI=1S/C22H20N2O3S2/c1-29(27)16-8-10-18(19-4-2-3-11-23-19)20(13-16)24-28-21-12-15(22(25)26)7-9-17(21)14-5-6-14/h2-4,7-14,24H,5-6H2,1H3,(H,25,26). The summed E-state index contributed by atoms with van der Waals surface area (Å²) in [5, 5.41) is 9.36. The van der Waals surface area contributed by atoms with Crippen LogP contribution in [0.4, 0.5) is 5.69 Å². The van der Waals surface area contributed by atoms with Gasteiger partial charge in [0.2, 0.25) is 0 Å². The predicted molar refractivity (Wildman–Crippen MR) is 117 cm³/mol. The first-order valence-electron chi connectivity index (χ1n) is 9.22. The van der Waals surface area contributed by atoms with Crippen molar-refractivity contribution in [1.82, 2.24) is 4.98 Å². The third kappa shape index (κ3) is 4.58. The van der Waals surface area contributed by atoms with E-state index in [1.54, 1.807) is 24.6 Å². The second-order valence-corrected chi connectivity index (χ2v) is 9.14. The van der Waals surface area contributed by atoms with Crippen molar-refractivity contribution in [3.05, 3.63) is 71.9 Å². The Morgan fingerprint density at radius 2 is 2.03 bits per heavy atom. The highest BCUT2D eigenvalue weighted by Gasteiger charge is 2.27. The first kappa shape index (κ1) is 19.8. The summed E-state index contributed by atoms with van der Waals surface area (Å²) < 4.78 is 15.3. The van der Waals surface area contributed by atoms with Gasteiger partial charge in [0, 0.05) is 22.7 Å². The summed E-state index contributed by atoms with van der Waals surface area (Å²) in [6, 6.07) is 16.6. The Morgan fingerprint density at radius 1 is 1.21 bits per heavy atom. The maximum Gasteiger partial charge on any atom is 0.335 e. The molecule has 2 aromatic carbocycles. The lowest BCUT2D eigenvalue weighted by Gasteiger charge is -2.15. The van der Waals surface area contributed by atoms with Crippen LogP contribution in [0.3, 0.4) is 0 Å². The number of rotatable bonds is 7. The Kier molecular flexibility index (Phi) is 5.80. The van der Waals surface area contributed by atoms with Gasteiger partial charge < -0.3 is 14.4 Å². The van der Waals surface area contributed by atoms with Gasteiger partial charge in [-0.2, -0.15) is 0 Å². The van der Waals surface area contributed by atoms with Crippen molar-refractivity contribution in [2.24, 2.45) is 0 Å². The third-order valence-corrected chi connectivity index (χ3v) is 6.63. The van der Waals surface area contributed by atoms with Gasteiger partial charge in [-0.15, -0.1) is 0 Å². The fourth-order valence-corrected chi connectivity index (χ4v) is 4.60. The van der Waals surface area contributed by atoms with Crippen LogP contribution in [0.15, 0.2) is 70.6 Å². The van der Waals surface area contributed by atoms with Gasteiger partial charge in [0.1, 0.15) is 6.26 Å². The molecule has 0 spiro atoms. The summed E-state index contributed by atoms with van der Waals surface area (Å²) in [4.78, 5) is 17.5. The van der Waals surface area contributed by atoms with E-state index in [0.717, 1.165) is 39.6 Å². The van der Waals surface area contributed by atoms with Crippen LogP contribution in [-0.4, -0.2) is 26.9 Å². The molecule has 0 aliphatic heterocycles. The molecule has 1 saturated carbocycles. The molecule has 1 aromatic heterocycles. The zero-order valence-corrected chi connectivity index (χ0v) is 17.4. The number of pyridine rings is 1. The number of carbonyl (C=O) groups is 1. The maximum atomic E-state index is 12.0. The summed E-state index contributed by atoms with van der Waals surface area (Å²) in [5.41, 5.74) is 3.94. The Hall–Kier alpha value is -2.48. The van der Waals surface area contributed by atoms with Crippen LogP contribution in [0.2, 0.25) is 0 Å². The molecule has 0 saturated heterocycles. The molecule has 1 fully saturated rings. The zero-order chi connectivity index (χ0) is 20.4. The molecule has 1 unspecified atom stereocenters. The Labute approximate surface area is 176 Å². The molecule has 5 nitrogen and oxygen atoms in total. The molecule has 3 aromatic rings. The summed E-state index contributed by atoms with van der Waals surface area (Å²) in [6.07, 6.45) is 5.64. The number of carboxylic acids is 1. The molecule has 0 bridgehead atoms. The average molecular weight is 425 g/mol. The SMILES string of the molecule is C[S+]([O-])c1ccc(-c2ccccn2)c(NSc2cc(C(=O)O)ccc2C2CC2)c1. The average Bonchev–Trinajstić information content (AvgIpc) is 3.57. The van der Waals surface area contributed by atoms with E-state index >= 15 is 0 Å². The van der Waals surface area contributed by atoms with Gasteiger partial charge in [0.15, 0.2) is 4.90 Å². The molecule has 148 valence electrons. The second kappa shape index (κ2) is 8.49. The van der Waals surface area contributed by atoms with E-state index in [-0.39, 0.29) is 5.56 Å². The fraction of sp³-hybridized carbons (Fsp3) is 0.182. The number of aromatic carboxylic acids is 1. The van der Waals surface area contributed by atoms with E-state index in [4.69, 9.17) is 0 Å². The van der Waals surface area contributed by atoms with Crippen LogP contribution < -0.4 is 4.72 Å². The van der Waals surface area contributed by atoms with E-state index in [1.165, 1.54) is 17.5 Å². The monoisotopic (exact) mass is 424 g/mol. The van der Waals surface area contributed by atoms with Crippen molar-refractivity contribution in [2.45, 2.75) is 28.6 Å². The first-order valence-corrected chi connectivity index (χ1v) is 11.6. The van der Waals surface area contributed by atoms with Gasteiger partial charge in [0.05, 0.1) is 16.9 Å². The minimum atomic E-state index is -1.11. The lowest BCUT2D eigenvalue weighted by Crippen LogP contribution is -2.01. The van der Waals surface area contributed by atoms with Crippen molar-refractivity contribution in [1.29, 1.82) is 0 Å². The highest BCUT2D eigenvalue weighted by Crippen LogP contribution is 2.45. The van der Waals surface area contributed by atoms with Crippen LogP contribution in [0.5, 0.6) is 0 Å². The van der Waals surface area contributed by atoms with Crippen molar-refractivity contribution < 1.29 is 14.5 Å². The topological polar surface area (TPSA) is 85.3 Å².